The van der Waals surface area contributed by atoms with Crippen molar-refractivity contribution in [2.24, 2.45) is 0 Å². The Morgan fingerprint density at radius 2 is 1.76 bits per heavy atom. The van der Waals surface area contributed by atoms with Crippen molar-refractivity contribution in [1.82, 2.24) is 4.90 Å². The molecular weight excluding hydrogens is 230 g/mol. The third-order valence-corrected chi connectivity index (χ3v) is 3.39. The topological polar surface area (TPSA) is 3.24 Å². The SMILES string of the molecule is Cc1ccccc1CN(C)CCCCCCCl. The third-order valence-electron chi connectivity index (χ3n) is 3.12. The standard InChI is InChI=1S/C15H24ClN/c1-14-9-5-6-10-15(14)13-17(2)12-8-4-3-7-11-16/h5-6,9-10H,3-4,7-8,11-13H2,1-2H3. The van der Waals surface area contributed by atoms with Gasteiger partial charge in [-0.05, 0) is 44.5 Å². The van der Waals surface area contributed by atoms with Crippen molar-refractivity contribution < 1.29 is 0 Å². The van der Waals surface area contributed by atoms with Crippen LogP contribution in [-0.4, -0.2) is 24.4 Å². The van der Waals surface area contributed by atoms with Gasteiger partial charge < -0.3 is 4.90 Å². The van der Waals surface area contributed by atoms with Crippen LogP contribution >= 0.6 is 11.6 Å². The first kappa shape index (κ1) is 14.5. The van der Waals surface area contributed by atoms with Gasteiger partial charge in [-0.3, -0.25) is 0 Å². The number of benzene rings is 1. The van der Waals surface area contributed by atoms with E-state index < -0.39 is 0 Å². The predicted molar refractivity (Wildman–Crippen MR) is 76.7 cm³/mol. The van der Waals surface area contributed by atoms with Gasteiger partial charge in [0.1, 0.15) is 0 Å². The Kier molecular flexibility index (Phi) is 7.30. The maximum Gasteiger partial charge on any atom is 0.0233 e. The van der Waals surface area contributed by atoms with E-state index in [0.29, 0.717) is 0 Å². The fourth-order valence-electron chi connectivity index (χ4n) is 1.99. The molecule has 0 spiro atoms. The maximum absolute atomic E-state index is 5.66. The highest BCUT2D eigenvalue weighted by Crippen LogP contribution is 2.10. The fraction of sp³-hybridized carbons (Fsp3) is 0.600. The minimum atomic E-state index is 0.805. The van der Waals surface area contributed by atoms with Crippen LogP contribution in [0.1, 0.15) is 36.8 Å². The quantitative estimate of drug-likeness (QED) is 0.495. The van der Waals surface area contributed by atoms with Crippen LogP contribution in [0.4, 0.5) is 0 Å². The number of hydrogen-bond acceptors (Lipinski definition) is 1. The van der Waals surface area contributed by atoms with Crippen molar-refractivity contribution in [3.63, 3.8) is 0 Å². The van der Waals surface area contributed by atoms with Gasteiger partial charge in [0, 0.05) is 12.4 Å². The number of halogens is 1. The average molecular weight is 254 g/mol. The molecule has 0 N–H and O–H groups in total. The molecule has 0 unspecified atom stereocenters. The number of alkyl halides is 1. The molecular formula is C15H24ClN. The molecule has 0 heterocycles. The van der Waals surface area contributed by atoms with E-state index in [0.717, 1.165) is 18.8 Å². The van der Waals surface area contributed by atoms with Crippen molar-refractivity contribution in [1.29, 1.82) is 0 Å². The molecule has 2 heteroatoms. The van der Waals surface area contributed by atoms with Gasteiger partial charge in [0.05, 0.1) is 0 Å². The zero-order valence-corrected chi connectivity index (χ0v) is 11.8. The van der Waals surface area contributed by atoms with Crippen molar-refractivity contribution >= 4 is 11.6 Å². The van der Waals surface area contributed by atoms with Crippen LogP contribution in [0, 0.1) is 6.92 Å². The summed E-state index contributed by atoms with van der Waals surface area (Å²) < 4.78 is 0. The van der Waals surface area contributed by atoms with Crippen LogP contribution in [0.3, 0.4) is 0 Å². The van der Waals surface area contributed by atoms with Gasteiger partial charge in [0.25, 0.3) is 0 Å². The molecule has 17 heavy (non-hydrogen) atoms. The molecule has 0 amide bonds. The molecule has 0 atom stereocenters. The van der Waals surface area contributed by atoms with Crippen LogP contribution in [0.2, 0.25) is 0 Å². The van der Waals surface area contributed by atoms with Crippen molar-refractivity contribution in [2.45, 2.75) is 39.2 Å². The second-order valence-electron chi connectivity index (χ2n) is 4.77. The molecule has 1 aromatic rings. The van der Waals surface area contributed by atoms with E-state index >= 15 is 0 Å². The first-order valence-corrected chi connectivity index (χ1v) is 7.06. The lowest BCUT2D eigenvalue weighted by Gasteiger charge is -2.17. The van der Waals surface area contributed by atoms with E-state index in [1.165, 1.54) is 36.9 Å². The summed E-state index contributed by atoms with van der Waals surface area (Å²) in [5, 5.41) is 0. The molecule has 0 bridgehead atoms. The molecule has 96 valence electrons. The van der Waals surface area contributed by atoms with Crippen LogP contribution < -0.4 is 0 Å². The lowest BCUT2D eigenvalue weighted by Crippen LogP contribution is -2.19. The fourth-order valence-corrected chi connectivity index (χ4v) is 2.18. The number of nitrogens with zero attached hydrogens (tertiary/aromatic N) is 1. The smallest absolute Gasteiger partial charge is 0.0233 e. The summed E-state index contributed by atoms with van der Waals surface area (Å²) in [6.45, 7) is 4.42. The summed E-state index contributed by atoms with van der Waals surface area (Å²) in [6, 6.07) is 8.63. The summed E-state index contributed by atoms with van der Waals surface area (Å²) in [5.41, 5.74) is 2.83. The van der Waals surface area contributed by atoms with Crippen LogP contribution in [0.5, 0.6) is 0 Å². The van der Waals surface area contributed by atoms with E-state index in [-0.39, 0.29) is 0 Å². The Labute approximate surface area is 111 Å². The summed E-state index contributed by atoms with van der Waals surface area (Å²) in [4.78, 5) is 2.41. The summed E-state index contributed by atoms with van der Waals surface area (Å²) in [7, 11) is 2.20. The summed E-state index contributed by atoms with van der Waals surface area (Å²) in [5.74, 6) is 0.805. The summed E-state index contributed by atoms with van der Waals surface area (Å²) >= 11 is 5.66. The lowest BCUT2D eigenvalue weighted by atomic mass is 10.1. The van der Waals surface area contributed by atoms with Gasteiger partial charge >= 0.3 is 0 Å². The zero-order valence-electron chi connectivity index (χ0n) is 11.1. The number of unbranched alkanes of at least 4 members (excludes halogenated alkanes) is 3. The Balaban J connectivity index is 2.21. The lowest BCUT2D eigenvalue weighted by molar-refractivity contribution is 0.316. The molecule has 0 fully saturated rings. The molecule has 1 aromatic carbocycles. The Morgan fingerprint density at radius 3 is 2.47 bits per heavy atom. The Bertz CT molecular complexity index is 312. The second-order valence-corrected chi connectivity index (χ2v) is 5.15. The molecule has 0 radical (unpaired) electrons. The zero-order chi connectivity index (χ0) is 12.5. The third kappa shape index (κ3) is 6.09. The molecule has 0 aliphatic rings. The first-order valence-electron chi connectivity index (χ1n) is 6.53. The number of rotatable bonds is 8. The van der Waals surface area contributed by atoms with E-state index in [2.05, 4.69) is 43.1 Å². The van der Waals surface area contributed by atoms with Gasteiger partial charge in [0.15, 0.2) is 0 Å². The van der Waals surface area contributed by atoms with E-state index in [4.69, 9.17) is 11.6 Å². The average Bonchev–Trinajstić information content (AvgIpc) is 2.32. The molecule has 1 rings (SSSR count). The van der Waals surface area contributed by atoms with E-state index in [9.17, 15) is 0 Å². The largest absolute Gasteiger partial charge is 0.302 e. The van der Waals surface area contributed by atoms with Crippen molar-refractivity contribution in [3.8, 4) is 0 Å². The van der Waals surface area contributed by atoms with Crippen LogP contribution in [0.15, 0.2) is 24.3 Å². The predicted octanol–water partition coefficient (Wildman–Crippen LogP) is 4.23. The van der Waals surface area contributed by atoms with Crippen molar-refractivity contribution in [2.75, 3.05) is 19.5 Å². The Morgan fingerprint density at radius 1 is 1.06 bits per heavy atom. The number of aryl methyl sites for hydroxylation is 1. The maximum atomic E-state index is 5.66. The highest BCUT2D eigenvalue weighted by atomic mass is 35.5. The first-order chi connectivity index (χ1) is 8.24. The van der Waals surface area contributed by atoms with E-state index in [1.54, 1.807) is 0 Å². The molecule has 0 aromatic heterocycles. The Hall–Kier alpha value is -0.530. The van der Waals surface area contributed by atoms with Gasteiger partial charge in [-0.2, -0.15) is 0 Å². The van der Waals surface area contributed by atoms with Gasteiger partial charge in [-0.25, -0.2) is 0 Å². The monoisotopic (exact) mass is 253 g/mol. The number of hydrogen-bond donors (Lipinski definition) is 0. The van der Waals surface area contributed by atoms with Crippen LogP contribution in [0.25, 0.3) is 0 Å². The highest BCUT2D eigenvalue weighted by molar-refractivity contribution is 6.17. The van der Waals surface area contributed by atoms with Gasteiger partial charge in [0.2, 0.25) is 0 Å². The van der Waals surface area contributed by atoms with Crippen molar-refractivity contribution in [3.05, 3.63) is 35.4 Å². The minimum Gasteiger partial charge on any atom is -0.302 e. The second kappa shape index (κ2) is 8.54. The molecule has 0 aliphatic carbocycles. The van der Waals surface area contributed by atoms with Gasteiger partial charge in [-0.1, -0.05) is 37.1 Å². The minimum absolute atomic E-state index is 0.805. The van der Waals surface area contributed by atoms with Gasteiger partial charge in [-0.15, -0.1) is 11.6 Å². The van der Waals surface area contributed by atoms with E-state index in [1.807, 2.05) is 0 Å². The molecule has 0 saturated carbocycles. The normalized spacial score (nSPS) is 11.1. The highest BCUT2D eigenvalue weighted by Gasteiger charge is 2.02. The van der Waals surface area contributed by atoms with Crippen LogP contribution in [-0.2, 0) is 6.54 Å². The molecule has 0 aliphatic heterocycles. The summed E-state index contributed by atoms with van der Waals surface area (Å²) in [6.07, 6.45) is 4.99. The molecule has 0 saturated heterocycles. The molecule has 1 nitrogen and oxygen atoms in total.